The van der Waals surface area contributed by atoms with E-state index in [0.29, 0.717) is 11.7 Å². The molecule has 7 heteroatoms. The van der Waals surface area contributed by atoms with Gasteiger partial charge in [0.1, 0.15) is 11.4 Å². The van der Waals surface area contributed by atoms with Crippen molar-refractivity contribution in [2.75, 3.05) is 7.05 Å². The molecule has 0 saturated carbocycles. The summed E-state index contributed by atoms with van der Waals surface area (Å²) in [6, 6.07) is 3.15. The number of amides is 1. The van der Waals surface area contributed by atoms with Gasteiger partial charge >= 0.3 is 7.12 Å². The van der Waals surface area contributed by atoms with Crippen molar-refractivity contribution in [3.05, 3.63) is 23.5 Å². The van der Waals surface area contributed by atoms with Gasteiger partial charge in [-0.2, -0.15) is 0 Å². The first kappa shape index (κ1) is 15.7. The zero-order chi connectivity index (χ0) is 15.8. The van der Waals surface area contributed by atoms with E-state index in [1.165, 1.54) is 7.05 Å². The van der Waals surface area contributed by atoms with E-state index in [1.807, 2.05) is 27.7 Å². The Kier molecular flexibility index (Phi) is 3.90. The molecule has 0 radical (unpaired) electrons. The summed E-state index contributed by atoms with van der Waals surface area (Å²) in [5, 5.41) is 2.48. The molecule has 0 unspecified atom stereocenters. The zero-order valence-electron chi connectivity index (χ0n) is 12.9. The summed E-state index contributed by atoms with van der Waals surface area (Å²) in [5.41, 5.74) is -0.0535. The Morgan fingerprint density at radius 3 is 2.29 bits per heavy atom. The van der Waals surface area contributed by atoms with Gasteiger partial charge in [0.05, 0.1) is 11.2 Å². The standard InChI is InChI=1S/C14H19BN2O4/c1-13(2)14(3,4)21-15(20-13)9-6-10(8-18)17-11(7-9)12(19)16-5/h6-8H,1-5H3,(H,16,19). The highest BCUT2D eigenvalue weighted by Crippen LogP contribution is 2.36. The highest BCUT2D eigenvalue weighted by Gasteiger charge is 2.51. The Labute approximate surface area is 124 Å². The fourth-order valence-electron chi connectivity index (χ4n) is 1.99. The molecule has 1 amide bonds. The molecule has 1 aromatic rings. The third-order valence-electron chi connectivity index (χ3n) is 3.97. The molecule has 1 aromatic heterocycles. The Morgan fingerprint density at radius 1 is 1.24 bits per heavy atom. The Hall–Kier alpha value is -1.73. The SMILES string of the molecule is CNC(=O)c1cc(B2OC(C)(C)C(C)(C)O2)cc(C=O)n1. The predicted molar refractivity (Wildman–Crippen MR) is 78.7 cm³/mol. The number of pyridine rings is 1. The molecule has 1 fully saturated rings. The molecular formula is C14H19BN2O4. The van der Waals surface area contributed by atoms with E-state index in [1.54, 1.807) is 12.1 Å². The van der Waals surface area contributed by atoms with Gasteiger partial charge in [-0.05, 0) is 45.3 Å². The fourth-order valence-corrected chi connectivity index (χ4v) is 1.99. The van der Waals surface area contributed by atoms with Gasteiger partial charge in [-0.15, -0.1) is 0 Å². The third-order valence-corrected chi connectivity index (χ3v) is 3.97. The van der Waals surface area contributed by atoms with Crippen LogP contribution >= 0.6 is 0 Å². The van der Waals surface area contributed by atoms with Crippen LogP contribution in [0, 0.1) is 0 Å². The van der Waals surface area contributed by atoms with Crippen LogP contribution in [-0.2, 0) is 9.31 Å². The number of rotatable bonds is 3. The highest BCUT2D eigenvalue weighted by atomic mass is 16.7. The van der Waals surface area contributed by atoms with Gasteiger partial charge in [-0.3, -0.25) is 9.59 Å². The van der Waals surface area contributed by atoms with Crippen LogP contribution in [0.15, 0.2) is 12.1 Å². The number of hydrogen-bond donors (Lipinski definition) is 1. The molecule has 0 atom stereocenters. The van der Waals surface area contributed by atoms with Gasteiger partial charge in [0.15, 0.2) is 6.29 Å². The van der Waals surface area contributed by atoms with Crippen LogP contribution in [-0.4, -0.2) is 42.5 Å². The molecule has 0 spiro atoms. The Balaban J connectivity index is 2.41. The van der Waals surface area contributed by atoms with E-state index < -0.39 is 18.3 Å². The summed E-state index contributed by atoms with van der Waals surface area (Å²) < 4.78 is 11.8. The van der Waals surface area contributed by atoms with Crippen molar-refractivity contribution in [3.8, 4) is 0 Å². The minimum Gasteiger partial charge on any atom is -0.399 e. The van der Waals surface area contributed by atoms with Gasteiger partial charge in [0.25, 0.3) is 5.91 Å². The molecule has 0 aromatic carbocycles. The maximum absolute atomic E-state index is 11.7. The average Bonchev–Trinajstić information content (AvgIpc) is 2.66. The lowest BCUT2D eigenvalue weighted by molar-refractivity contribution is 0.00578. The molecule has 1 aliphatic rings. The van der Waals surface area contributed by atoms with Gasteiger partial charge in [0.2, 0.25) is 0 Å². The van der Waals surface area contributed by atoms with E-state index in [0.717, 1.165) is 0 Å². The van der Waals surface area contributed by atoms with Crippen molar-refractivity contribution < 1.29 is 18.9 Å². The zero-order valence-corrected chi connectivity index (χ0v) is 12.9. The number of nitrogens with one attached hydrogen (secondary N) is 1. The molecule has 21 heavy (non-hydrogen) atoms. The summed E-state index contributed by atoms with van der Waals surface area (Å²) in [5.74, 6) is -0.364. The lowest BCUT2D eigenvalue weighted by Crippen LogP contribution is -2.41. The van der Waals surface area contributed by atoms with Crippen molar-refractivity contribution in [2.24, 2.45) is 0 Å². The number of aromatic nitrogens is 1. The molecule has 1 N–H and O–H groups in total. The van der Waals surface area contributed by atoms with Crippen molar-refractivity contribution in [3.63, 3.8) is 0 Å². The second-order valence-electron chi connectivity index (χ2n) is 6.00. The van der Waals surface area contributed by atoms with E-state index in [4.69, 9.17) is 9.31 Å². The summed E-state index contributed by atoms with van der Waals surface area (Å²) >= 11 is 0. The number of hydrogen-bond acceptors (Lipinski definition) is 5. The highest BCUT2D eigenvalue weighted by molar-refractivity contribution is 6.62. The van der Waals surface area contributed by atoms with E-state index in [9.17, 15) is 9.59 Å². The Bertz CT molecular complexity index is 570. The molecule has 112 valence electrons. The Morgan fingerprint density at radius 2 is 1.81 bits per heavy atom. The molecule has 2 heterocycles. The average molecular weight is 290 g/mol. The lowest BCUT2D eigenvalue weighted by Gasteiger charge is -2.32. The number of nitrogens with zero attached hydrogens (tertiary/aromatic N) is 1. The van der Waals surface area contributed by atoms with Crippen LogP contribution < -0.4 is 10.8 Å². The van der Waals surface area contributed by atoms with E-state index >= 15 is 0 Å². The first-order valence-electron chi connectivity index (χ1n) is 6.75. The summed E-state index contributed by atoms with van der Waals surface area (Å²) in [7, 11) is 0.867. The predicted octanol–water partition coefficient (Wildman–Crippen LogP) is 0.553. The van der Waals surface area contributed by atoms with Gasteiger partial charge < -0.3 is 14.6 Å². The normalized spacial score (nSPS) is 19.4. The van der Waals surface area contributed by atoms with Crippen LogP contribution in [0.1, 0.15) is 48.7 Å². The van der Waals surface area contributed by atoms with Crippen LogP contribution in [0.4, 0.5) is 0 Å². The largest absolute Gasteiger partial charge is 0.494 e. The minimum absolute atomic E-state index is 0.159. The van der Waals surface area contributed by atoms with Crippen molar-refractivity contribution in [2.45, 2.75) is 38.9 Å². The first-order chi connectivity index (χ1) is 9.70. The topological polar surface area (TPSA) is 77.5 Å². The molecule has 2 rings (SSSR count). The summed E-state index contributed by atoms with van der Waals surface area (Å²) in [6.45, 7) is 7.76. The monoisotopic (exact) mass is 290 g/mol. The second-order valence-corrected chi connectivity index (χ2v) is 6.00. The van der Waals surface area contributed by atoms with Crippen molar-refractivity contribution >= 4 is 24.8 Å². The number of aldehydes is 1. The van der Waals surface area contributed by atoms with Crippen LogP contribution in [0.25, 0.3) is 0 Å². The lowest BCUT2D eigenvalue weighted by atomic mass is 9.79. The molecule has 1 saturated heterocycles. The van der Waals surface area contributed by atoms with Crippen molar-refractivity contribution in [1.82, 2.24) is 10.3 Å². The van der Waals surface area contributed by atoms with Crippen LogP contribution in [0.2, 0.25) is 0 Å². The molecule has 0 aliphatic carbocycles. The molecule has 0 bridgehead atoms. The van der Waals surface area contributed by atoms with E-state index in [-0.39, 0.29) is 17.3 Å². The van der Waals surface area contributed by atoms with Crippen LogP contribution in [0.5, 0.6) is 0 Å². The third kappa shape index (κ3) is 2.84. The quantitative estimate of drug-likeness (QED) is 0.650. The smallest absolute Gasteiger partial charge is 0.399 e. The van der Waals surface area contributed by atoms with Gasteiger partial charge in [0, 0.05) is 7.05 Å². The number of carbonyl (C=O) groups excluding carboxylic acids is 2. The fraction of sp³-hybridized carbons (Fsp3) is 0.500. The van der Waals surface area contributed by atoms with Crippen molar-refractivity contribution in [1.29, 1.82) is 0 Å². The summed E-state index contributed by atoms with van der Waals surface area (Å²) in [6.07, 6.45) is 0.598. The molecular weight excluding hydrogens is 271 g/mol. The van der Waals surface area contributed by atoms with E-state index in [2.05, 4.69) is 10.3 Å². The maximum Gasteiger partial charge on any atom is 0.494 e. The minimum atomic E-state index is -0.639. The first-order valence-corrected chi connectivity index (χ1v) is 6.75. The molecule has 1 aliphatic heterocycles. The number of carbonyl (C=O) groups is 2. The van der Waals surface area contributed by atoms with Gasteiger partial charge in [-0.25, -0.2) is 4.98 Å². The molecule has 6 nitrogen and oxygen atoms in total. The maximum atomic E-state index is 11.7. The second kappa shape index (κ2) is 5.24. The van der Waals surface area contributed by atoms with Gasteiger partial charge in [-0.1, -0.05) is 0 Å². The summed E-state index contributed by atoms with van der Waals surface area (Å²) in [4.78, 5) is 26.7. The van der Waals surface area contributed by atoms with Crippen LogP contribution in [0.3, 0.4) is 0 Å².